The molecule has 4 nitrogen and oxygen atoms in total. The minimum Gasteiger partial charge on any atom is -0.495 e. The number of para-hydroxylation sites is 1. The third-order valence-electron chi connectivity index (χ3n) is 2.38. The van der Waals surface area contributed by atoms with Gasteiger partial charge in [0, 0.05) is 0 Å². The molecule has 0 saturated carbocycles. The number of benzene rings is 1. The molecule has 0 radical (unpaired) electrons. The summed E-state index contributed by atoms with van der Waals surface area (Å²) < 4.78 is 10.2. The molecule has 1 aromatic carbocycles. The van der Waals surface area contributed by atoms with Crippen molar-refractivity contribution in [3.63, 3.8) is 0 Å². The van der Waals surface area contributed by atoms with Gasteiger partial charge in [0.1, 0.15) is 5.75 Å². The number of methoxy groups -OCH3 is 1. The molecule has 0 aliphatic heterocycles. The van der Waals surface area contributed by atoms with Gasteiger partial charge in [-0.2, -0.15) is 11.8 Å². The second kappa shape index (κ2) is 7.87. The highest BCUT2D eigenvalue weighted by Crippen LogP contribution is 2.25. The lowest BCUT2D eigenvalue weighted by molar-refractivity contribution is 0.0507. The van der Waals surface area contributed by atoms with E-state index in [2.05, 4.69) is 6.92 Å². The molecular formula is C13H19NO3S. The van der Waals surface area contributed by atoms with E-state index in [0.717, 1.165) is 17.9 Å². The Morgan fingerprint density at radius 3 is 2.89 bits per heavy atom. The van der Waals surface area contributed by atoms with Crippen molar-refractivity contribution in [2.45, 2.75) is 13.3 Å². The molecule has 0 aliphatic rings. The van der Waals surface area contributed by atoms with Gasteiger partial charge in [-0.05, 0) is 30.1 Å². The first kappa shape index (κ1) is 14.7. The highest BCUT2D eigenvalue weighted by molar-refractivity contribution is 7.99. The molecule has 0 unspecified atom stereocenters. The summed E-state index contributed by atoms with van der Waals surface area (Å²) in [5.41, 5.74) is 6.50. The lowest BCUT2D eigenvalue weighted by Gasteiger charge is -2.09. The van der Waals surface area contributed by atoms with Gasteiger partial charge in [0.25, 0.3) is 0 Å². The van der Waals surface area contributed by atoms with E-state index >= 15 is 0 Å². The number of carbonyl (C=O) groups excluding carboxylic acids is 1. The van der Waals surface area contributed by atoms with Gasteiger partial charge in [-0.25, -0.2) is 4.79 Å². The summed E-state index contributed by atoms with van der Waals surface area (Å²) in [5, 5.41) is 0. The highest BCUT2D eigenvalue weighted by atomic mass is 32.2. The van der Waals surface area contributed by atoms with Crippen molar-refractivity contribution < 1.29 is 14.3 Å². The Hall–Kier alpha value is -1.36. The van der Waals surface area contributed by atoms with Crippen molar-refractivity contribution in [3.05, 3.63) is 23.8 Å². The van der Waals surface area contributed by atoms with Gasteiger partial charge in [0.15, 0.2) is 0 Å². The quantitative estimate of drug-likeness (QED) is 0.468. The number of nitrogens with two attached hydrogens (primary N) is 1. The summed E-state index contributed by atoms with van der Waals surface area (Å²) in [5.74, 6) is 2.17. The normalized spacial score (nSPS) is 10.1. The zero-order valence-electron chi connectivity index (χ0n) is 10.8. The monoisotopic (exact) mass is 269 g/mol. The number of carbonyl (C=O) groups is 1. The lowest BCUT2D eigenvalue weighted by atomic mass is 10.1. The van der Waals surface area contributed by atoms with Crippen LogP contribution in [0.1, 0.15) is 23.7 Å². The third kappa shape index (κ3) is 4.14. The van der Waals surface area contributed by atoms with Crippen LogP contribution in [0.25, 0.3) is 0 Å². The molecule has 0 amide bonds. The van der Waals surface area contributed by atoms with E-state index in [1.54, 1.807) is 18.2 Å². The fourth-order valence-corrected chi connectivity index (χ4v) is 2.06. The van der Waals surface area contributed by atoms with Gasteiger partial charge >= 0.3 is 5.97 Å². The number of nitrogen functional groups attached to an aromatic ring is 1. The van der Waals surface area contributed by atoms with Crippen molar-refractivity contribution in [2.75, 3.05) is 31.0 Å². The molecule has 5 heteroatoms. The van der Waals surface area contributed by atoms with E-state index in [0.29, 0.717) is 23.6 Å². The van der Waals surface area contributed by atoms with Crippen molar-refractivity contribution >= 4 is 23.4 Å². The summed E-state index contributed by atoms with van der Waals surface area (Å²) in [6, 6.07) is 5.07. The van der Waals surface area contributed by atoms with Gasteiger partial charge in [-0.3, -0.25) is 0 Å². The molecule has 0 aromatic heterocycles. The van der Waals surface area contributed by atoms with Crippen molar-refractivity contribution in [2.24, 2.45) is 0 Å². The van der Waals surface area contributed by atoms with Crippen molar-refractivity contribution in [3.8, 4) is 5.75 Å². The number of thioether (sulfide) groups is 1. The van der Waals surface area contributed by atoms with Crippen LogP contribution in [0, 0.1) is 0 Å². The molecule has 0 saturated heterocycles. The van der Waals surface area contributed by atoms with Gasteiger partial charge in [-0.15, -0.1) is 0 Å². The Labute approximate surface area is 112 Å². The predicted molar refractivity (Wildman–Crippen MR) is 75.3 cm³/mol. The second-order valence-electron chi connectivity index (χ2n) is 3.61. The van der Waals surface area contributed by atoms with Crippen LogP contribution in [-0.2, 0) is 4.74 Å². The first-order chi connectivity index (χ1) is 8.70. The first-order valence-electron chi connectivity index (χ1n) is 5.88. The smallest absolute Gasteiger partial charge is 0.340 e. The van der Waals surface area contributed by atoms with Crippen LogP contribution >= 0.6 is 11.8 Å². The van der Waals surface area contributed by atoms with Gasteiger partial charge in [0.05, 0.1) is 25.0 Å². The minimum absolute atomic E-state index is 0.327. The maximum Gasteiger partial charge on any atom is 0.340 e. The molecule has 18 heavy (non-hydrogen) atoms. The Bertz CT molecular complexity index is 396. The fraction of sp³-hybridized carbons (Fsp3) is 0.462. The zero-order chi connectivity index (χ0) is 13.4. The van der Waals surface area contributed by atoms with Gasteiger partial charge < -0.3 is 15.2 Å². The average Bonchev–Trinajstić information content (AvgIpc) is 2.38. The third-order valence-corrected chi connectivity index (χ3v) is 3.36. The summed E-state index contributed by atoms with van der Waals surface area (Å²) in [4.78, 5) is 11.8. The zero-order valence-corrected chi connectivity index (χ0v) is 11.6. The van der Waals surface area contributed by atoms with Crippen molar-refractivity contribution in [1.82, 2.24) is 0 Å². The molecular weight excluding hydrogens is 250 g/mol. The SMILES string of the molecule is CCSCCCOC(=O)c1cccc(OC)c1N. The fourth-order valence-electron chi connectivity index (χ4n) is 1.45. The van der Waals surface area contributed by atoms with Crippen LogP contribution in [0.2, 0.25) is 0 Å². The molecule has 2 N–H and O–H groups in total. The maximum atomic E-state index is 11.8. The number of hydrogen-bond donors (Lipinski definition) is 1. The average molecular weight is 269 g/mol. The predicted octanol–water partition coefficient (Wildman–Crippen LogP) is 2.58. The Morgan fingerprint density at radius 1 is 1.44 bits per heavy atom. The van der Waals surface area contributed by atoms with E-state index in [4.69, 9.17) is 15.2 Å². The maximum absolute atomic E-state index is 11.8. The molecule has 100 valence electrons. The molecule has 0 heterocycles. The van der Waals surface area contributed by atoms with Crippen LogP contribution in [0.3, 0.4) is 0 Å². The molecule has 1 aromatic rings. The molecule has 0 bridgehead atoms. The summed E-state index contributed by atoms with van der Waals surface area (Å²) in [7, 11) is 1.52. The summed E-state index contributed by atoms with van der Waals surface area (Å²) in [6.07, 6.45) is 0.855. The Balaban J connectivity index is 2.51. The van der Waals surface area contributed by atoms with Crippen LogP contribution in [0.5, 0.6) is 5.75 Å². The molecule has 1 rings (SSSR count). The molecule has 0 spiro atoms. The lowest BCUT2D eigenvalue weighted by Crippen LogP contribution is -2.10. The summed E-state index contributed by atoms with van der Waals surface area (Å²) in [6.45, 7) is 2.52. The molecule has 0 aliphatic carbocycles. The second-order valence-corrected chi connectivity index (χ2v) is 5.00. The van der Waals surface area contributed by atoms with Gasteiger partial charge in [-0.1, -0.05) is 13.0 Å². The van der Waals surface area contributed by atoms with E-state index in [1.807, 2.05) is 11.8 Å². The van der Waals surface area contributed by atoms with Crippen LogP contribution < -0.4 is 10.5 Å². The largest absolute Gasteiger partial charge is 0.495 e. The van der Waals surface area contributed by atoms with E-state index in [1.165, 1.54) is 7.11 Å². The number of rotatable bonds is 7. The number of hydrogen-bond acceptors (Lipinski definition) is 5. The van der Waals surface area contributed by atoms with E-state index in [-0.39, 0.29) is 0 Å². The first-order valence-corrected chi connectivity index (χ1v) is 7.03. The minimum atomic E-state index is -0.395. The summed E-state index contributed by atoms with van der Waals surface area (Å²) >= 11 is 1.83. The number of ether oxygens (including phenoxy) is 2. The van der Waals surface area contributed by atoms with Crippen LogP contribution in [0.4, 0.5) is 5.69 Å². The number of anilines is 1. The van der Waals surface area contributed by atoms with Crippen LogP contribution in [0.15, 0.2) is 18.2 Å². The Kier molecular flexibility index (Phi) is 6.43. The molecule has 0 atom stereocenters. The Morgan fingerprint density at radius 2 is 2.22 bits per heavy atom. The molecule has 0 fully saturated rings. The van der Waals surface area contributed by atoms with Gasteiger partial charge in [0.2, 0.25) is 0 Å². The van der Waals surface area contributed by atoms with Crippen molar-refractivity contribution in [1.29, 1.82) is 0 Å². The standard InChI is InChI=1S/C13H19NO3S/c1-3-18-9-5-8-17-13(15)10-6-4-7-11(16-2)12(10)14/h4,6-7H,3,5,8-9,14H2,1-2H3. The van der Waals surface area contributed by atoms with Crippen LogP contribution in [-0.4, -0.2) is 31.2 Å². The van der Waals surface area contributed by atoms with E-state index < -0.39 is 5.97 Å². The highest BCUT2D eigenvalue weighted by Gasteiger charge is 2.13. The van der Waals surface area contributed by atoms with E-state index in [9.17, 15) is 4.79 Å². The topological polar surface area (TPSA) is 61.5 Å². The number of esters is 1.